The number of benzene rings is 2. The Morgan fingerprint density at radius 2 is 1.85 bits per heavy atom. The van der Waals surface area contributed by atoms with Crippen LogP contribution in [0.1, 0.15) is 36.8 Å². The summed E-state index contributed by atoms with van der Waals surface area (Å²) in [6.07, 6.45) is 3.54. The van der Waals surface area contributed by atoms with E-state index in [-0.39, 0.29) is 12.5 Å². The van der Waals surface area contributed by atoms with Gasteiger partial charge in [0.25, 0.3) is 5.91 Å². The topological polar surface area (TPSA) is 91.4 Å². The summed E-state index contributed by atoms with van der Waals surface area (Å²) in [5, 5.41) is 11.0. The van der Waals surface area contributed by atoms with Gasteiger partial charge in [-0.15, -0.1) is 0 Å². The van der Waals surface area contributed by atoms with Crippen molar-refractivity contribution in [3.63, 3.8) is 0 Å². The zero-order valence-corrected chi connectivity index (χ0v) is 18.9. The van der Waals surface area contributed by atoms with Gasteiger partial charge in [-0.05, 0) is 54.9 Å². The second-order valence-corrected chi connectivity index (χ2v) is 9.42. The van der Waals surface area contributed by atoms with Crippen molar-refractivity contribution in [3.8, 4) is 5.75 Å². The number of aliphatic hydroxyl groups is 1. The van der Waals surface area contributed by atoms with Crippen molar-refractivity contribution in [2.45, 2.75) is 43.9 Å². The Balaban J connectivity index is 1.16. The van der Waals surface area contributed by atoms with Crippen LogP contribution >= 0.6 is 0 Å². The van der Waals surface area contributed by atoms with Crippen molar-refractivity contribution in [3.05, 3.63) is 65.7 Å². The number of hydrogen-bond donors (Lipinski definition) is 2. The number of carbonyl (C=O) groups excluding carboxylic acids is 1. The number of fused-ring (bicyclic) bond motifs is 2. The number of carbonyl (C=O) groups is 1. The van der Waals surface area contributed by atoms with Gasteiger partial charge in [0.15, 0.2) is 12.6 Å². The average molecular weight is 449 g/mol. The molecule has 174 valence electrons. The summed E-state index contributed by atoms with van der Waals surface area (Å²) in [4.78, 5) is 21.2. The van der Waals surface area contributed by atoms with E-state index in [9.17, 15) is 9.90 Å². The molecule has 1 amide bonds. The van der Waals surface area contributed by atoms with Crippen LogP contribution in [0.5, 0.6) is 5.75 Å². The first kappa shape index (κ1) is 21.8. The van der Waals surface area contributed by atoms with E-state index >= 15 is 0 Å². The predicted octanol–water partition coefficient (Wildman–Crippen LogP) is 2.48. The van der Waals surface area contributed by atoms with Gasteiger partial charge < -0.3 is 25.4 Å². The van der Waals surface area contributed by atoms with Crippen LogP contribution in [0.25, 0.3) is 0 Å². The molecule has 7 nitrogen and oxygen atoms in total. The maximum atomic E-state index is 12.5. The van der Waals surface area contributed by atoms with Crippen LogP contribution in [0, 0.1) is 5.92 Å². The number of likely N-dealkylation sites (tertiary alicyclic amines) is 1. The summed E-state index contributed by atoms with van der Waals surface area (Å²) in [5.74, 6) is 1.51. The molecule has 2 unspecified atom stereocenters. The Labute approximate surface area is 194 Å². The first-order chi connectivity index (χ1) is 16.0. The Morgan fingerprint density at radius 3 is 2.61 bits per heavy atom. The lowest BCUT2D eigenvalue weighted by molar-refractivity contribution is -0.135. The number of amides is 1. The van der Waals surface area contributed by atoms with Crippen LogP contribution in [0.15, 0.2) is 59.6 Å². The smallest absolute Gasteiger partial charge is 0.260 e. The van der Waals surface area contributed by atoms with E-state index in [0.29, 0.717) is 43.7 Å². The maximum absolute atomic E-state index is 12.5. The largest absolute Gasteiger partial charge is 0.484 e. The second kappa shape index (κ2) is 9.06. The van der Waals surface area contributed by atoms with Crippen molar-refractivity contribution in [1.29, 1.82) is 0 Å². The highest BCUT2D eigenvalue weighted by molar-refractivity contribution is 5.80. The van der Waals surface area contributed by atoms with Crippen LogP contribution in [0.2, 0.25) is 0 Å². The summed E-state index contributed by atoms with van der Waals surface area (Å²) in [6.45, 7) is 2.11. The first-order valence-electron chi connectivity index (χ1n) is 11.9. The Kier molecular flexibility index (Phi) is 5.98. The zero-order chi connectivity index (χ0) is 22.8. The van der Waals surface area contributed by atoms with E-state index in [1.165, 1.54) is 11.1 Å². The number of hydrogen-bond acceptors (Lipinski definition) is 6. The average Bonchev–Trinajstić information content (AvgIpc) is 3.18. The molecule has 0 aromatic heterocycles. The van der Waals surface area contributed by atoms with Crippen molar-refractivity contribution in [2.75, 3.05) is 26.2 Å². The number of piperidine rings is 1. The molecule has 0 saturated carbocycles. The van der Waals surface area contributed by atoms with E-state index in [2.05, 4.69) is 18.2 Å². The molecule has 2 aliphatic heterocycles. The van der Waals surface area contributed by atoms with Crippen molar-refractivity contribution in [2.24, 2.45) is 16.6 Å². The quantitative estimate of drug-likeness (QED) is 0.733. The predicted molar refractivity (Wildman–Crippen MR) is 127 cm³/mol. The van der Waals surface area contributed by atoms with Crippen LogP contribution in [0.3, 0.4) is 0 Å². The van der Waals surface area contributed by atoms with Crippen LogP contribution in [-0.2, 0) is 16.8 Å². The van der Waals surface area contributed by atoms with E-state index < -0.39 is 11.8 Å². The SMILES string of the molecule is NC1=NC2(CCc3ccccc32)CC(O)N1CC1CCN(C(=O)COc2ccccc2)CC1. The van der Waals surface area contributed by atoms with Crippen LogP contribution in [0.4, 0.5) is 0 Å². The molecule has 5 rings (SSSR count). The molecule has 2 aromatic carbocycles. The fourth-order valence-corrected chi connectivity index (χ4v) is 5.50. The van der Waals surface area contributed by atoms with Gasteiger partial charge in [-0.2, -0.15) is 0 Å². The molecule has 1 fully saturated rings. The number of rotatable bonds is 5. The Morgan fingerprint density at radius 1 is 1.12 bits per heavy atom. The van der Waals surface area contributed by atoms with E-state index in [0.717, 1.165) is 25.7 Å². The first-order valence-corrected chi connectivity index (χ1v) is 11.9. The lowest BCUT2D eigenvalue weighted by Gasteiger charge is -2.43. The van der Waals surface area contributed by atoms with Crippen LogP contribution < -0.4 is 10.5 Å². The number of aryl methyl sites for hydroxylation is 1. The monoisotopic (exact) mass is 448 g/mol. The maximum Gasteiger partial charge on any atom is 0.260 e. The highest BCUT2D eigenvalue weighted by Gasteiger charge is 2.45. The number of guanidine groups is 1. The third-order valence-electron chi connectivity index (χ3n) is 7.36. The molecule has 33 heavy (non-hydrogen) atoms. The normalized spacial score (nSPS) is 25.1. The molecular formula is C26H32N4O3. The number of nitrogens with two attached hydrogens (primary N) is 1. The molecule has 7 heteroatoms. The number of aliphatic hydroxyl groups excluding tert-OH is 1. The molecule has 1 aliphatic carbocycles. The minimum absolute atomic E-state index is 0.0122. The standard InChI is InChI=1S/C26H32N4O3/c27-25-28-26(13-10-20-6-4-5-9-22(20)26)16-23(31)30(25)17-19-11-14-29(15-12-19)24(32)18-33-21-7-2-1-3-8-21/h1-9,19,23,31H,10-18H2,(H2,27,28). The van der Waals surface area contributed by atoms with Gasteiger partial charge in [-0.25, -0.2) is 4.99 Å². The zero-order valence-electron chi connectivity index (χ0n) is 18.9. The number of nitrogens with zero attached hydrogens (tertiary/aromatic N) is 3. The van der Waals surface area contributed by atoms with Crippen molar-refractivity contribution >= 4 is 11.9 Å². The van der Waals surface area contributed by atoms with Crippen molar-refractivity contribution < 1.29 is 14.6 Å². The lowest BCUT2D eigenvalue weighted by Crippen LogP contribution is -2.54. The molecule has 1 saturated heterocycles. The van der Waals surface area contributed by atoms with Gasteiger partial charge >= 0.3 is 0 Å². The minimum Gasteiger partial charge on any atom is -0.484 e. The summed E-state index contributed by atoms with van der Waals surface area (Å²) >= 11 is 0. The molecular weight excluding hydrogens is 416 g/mol. The second-order valence-electron chi connectivity index (χ2n) is 9.42. The van der Waals surface area contributed by atoms with Crippen molar-refractivity contribution in [1.82, 2.24) is 9.80 Å². The fourth-order valence-electron chi connectivity index (χ4n) is 5.50. The fraction of sp³-hybridized carbons (Fsp3) is 0.462. The van der Waals surface area contributed by atoms with E-state index in [1.807, 2.05) is 46.2 Å². The molecule has 2 heterocycles. The van der Waals surface area contributed by atoms with E-state index in [4.69, 9.17) is 15.5 Å². The highest BCUT2D eigenvalue weighted by Crippen LogP contribution is 2.45. The summed E-state index contributed by atoms with van der Waals surface area (Å²) in [6, 6.07) is 17.8. The third-order valence-corrected chi connectivity index (χ3v) is 7.36. The Hall–Kier alpha value is -3.06. The number of ether oxygens (including phenoxy) is 1. The molecule has 3 N–H and O–H groups in total. The molecule has 1 spiro atoms. The van der Waals surface area contributed by atoms with E-state index in [1.54, 1.807) is 0 Å². The number of para-hydroxylation sites is 1. The van der Waals surface area contributed by atoms with Crippen LogP contribution in [-0.4, -0.2) is 59.2 Å². The summed E-state index contributed by atoms with van der Waals surface area (Å²) < 4.78 is 5.60. The molecule has 0 radical (unpaired) electrons. The van der Waals surface area contributed by atoms with Gasteiger partial charge in [0.2, 0.25) is 0 Å². The van der Waals surface area contributed by atoms with Gasteiger partial charge in [-0.1, -0.05) is 42.5 Å². The number of aliphatic imine (C=N–C) groups is 1. The Bertz CT molecular complexity index is 1020. The van der Waals surface area contributed by atoms with Gasteiger partial charge in [0.05, 0.1) is 5.54 Å². The lowest BCUT2D eigenvalue weighted by atomic mass is 9.86. The molecule has 2 atom stereocenters. The molecule has 0 bridgehead atoms. The summed E-state index contributed by atoms with van der Waals surface area (Å²) in [5.41, 5.74) is 8.52. The third kappa shape index (κ3) is 4.42. The molecule has 2 aromatic rings. The molecule has 3 aliphatic rings. The summed E-state index contributed by atoms with van der Waals surface area (Å²) in [7, 11) is 0. The van der Waals surface area contributed by atoms with Gasteiger partial charge in [0.1, 0.15) is 12.0 Å². The highest BCUT2D eigenvalue weighted by atomic mass is 16.5. The van der Waals surface area contributed by atoms with Gasteiger partial charge in [0, 0.05) is 26.1 Å². The van der Waals surface area contributed by atoms with Gasteiger partial charge in [-0.3, -0.25) is 4.79 Å². The minimum atomic E-state index is -0.646.